The molecule has 0 atom stereocenters. The summed E-state index contributed by atoms with van der Waals surface area (Å²) in [5.41, 5.74) is 1.05. The van der Waals surface area contributed by atoms with Crippen molar-refractivity contribution in [3.8, 4) is 6.07 Å². The van der Waals surface area contributed by atoms with Crippen LogP contribution in [0, 0.1) is 17.1 Å². The highest BCUT2D eigenvalue weighted by Gasteiger charge is 2.09. The minimum atomic E-state index is -0.573. The van der Waals surface area contributed by atoms with Gasteiger partial charge in [0.2, 0.25) is 0 Å². The average molecular weight is 360 g/mol. The number of benzene rings is 2. The fourth-order valence-corrected chi connectivity index (χ4v) is 2.01. The second kappa shape index (κ2) is 7.38. The van der Waals surface area contributed by atoms with Crippen LogP contribution in [0.2, 0.25) is 0 Å². The Morgan fingerprint density at radius 2 is 1.91 bits per heavy atom. The van der Waals surface area contributed by atoms with E-state index in [2.05, 4.69) is 26.6 Å². The number of nitrogens with one attached hydrogen (secondary N) is 2. The van der Waals surface area contributed by atoms with Gasteiger partial charge in [0.1, 0.15) is 17.5 Å². The van der Waals surface area contributed by atoms with Crippen LogP contribution in [-0.4, -0.2) is 5.91 Å². The Morgan fingerprint density at radius 3 is 2.55 bits per heavy atom. The molecule has 6 heteroatoms. The summed E-state index contributed by atoms with van der Waals surface area (Å²) in [7, 11) is 0. The Bertz CT molecular complexity index is 751. The second-order valence-electron chi connectivity index (χ2n) is 4.29. The van der Waals surface area contributed by atoms with Crippen LogP contribution in [0.1, 0.15) is 0 Å². The molecule has 0 aliphatic rings. The number of carbonyl (C=O) groups excluding carboxylic acids is 1. The third kappa shape index (κ3) is 4.43. The molecule has 110 valence electrons. The third-order valence-electron chi connectivity index (χ3n) is 2.67. The predicted octanol–water partition coefficient (Wildman–Crippen LogP) is 4.05. The Morgan fingerprint density at radius 1 is 1.18 bits per heavy atom. The molecule has 0 aliphatic carbocycles. The van der Waals surface area contributed by atoms with Crippen LogP contribution in [0.15, 0.2) is 64.8 Å². The van der Waals surface area contributed by atoms with Gasteiger partial charge >= 0.3 is 0 Å². The minimum absolute atomic E-state index is 0.0932. The van der Waals surface area contributed by atoms with Gasteiger partial charge in [-0.25, -0.2) is 4.39 Å². The lowest BCUT2D eigenvalue weighted by molar-refractivity contribution is -0.112. The third-order valence-corrected chi connectivity index (χ3v) is 3.17. The van der Waals surface area contributed by atoms with Crippen molar-refractivity contribution in [3.63, 3.8) is 0 Å². The first-order valence-electron chi connectivity index (χ1n) is 6.28. The monoisotopic (exact) mass is 359 g/mol. The SMILES string of the molecule is N#C/C(=C/Nc1cccc(Br)c1)C(=O)Nc1ccc(F)cc1. The van der Waals surface area contributed by atoms with E-state index in [0.717, 1.165) is 10.2 Å². The molecule has 0 unspecified atom stereocenters. The van der Waals surface area contributed by atoms with Gasteiger partial charge in [-0.15, -0.1) is 0 Å². The summed E-state index contributed by atoms with van der Waals surface area (Å²) in [5, 5.41) is 14.5. The van der Waals surface area contributed by atoms with Crippen LogP contribution in [0.3, 0.4) is 0 Å². The fraction of sp³-hybridized carbons (Fsp3) is 0. The van der Waals surface area contributed by atoms with Gasteiger partial charge in [0.05, 0.1) is 0 Å². The molecule has 0 saturated heterocycles. The van der Waals surface area contributed by atoms with Crippen molar-refractivity contribution < 1.29 is 9.18 Å². The van der Waals surface area contributed by atoms with E-state index in [1.807, 2.05) is 24.3 Å². The molecule has 0 fully saturated rings. The van der Waals surface area contributed by atoms with Crippen LogP contribution in [0.25, 0.3) is 0 Å². The second-order valence-corrected chi connectivity index (χ2v) is 5.20. The van der Waals surface area contributed by atoms with E-state index in [4.69, 9.17) is 5.26 Å². The lowest BCUT2D eigenvalue weighted by Crippen LogP contribution is -2.14. The summed E-state index contributed by atoms with van der Waals surface area (Å²) in [4.78, 5) is 12.0. The number of carbonyl (C=O) groups is 1. The molecule has 0 aliphatic heterocycles. The number of halogens is 2. The van der Waals surface area contributed by atoms with Crippen molar-refractivity contribution in [2.45, 2.75) is 0 Å². The number of rotatable bonds is 4. The number of hydrogen-bond acceptors (Lipinski definition) is 3. The van der Waals surface area contributed by atoms with Gasteiger partial charge in [-0.1, -0.05) is 22.0 Å². The van der Waals surface area contributed by atoms with Gasteiger partial charge in [-0.2, -0.15) is 5.26 Å². The highest BCUT2D eigenvalue weighted by atomic mass is 79.9. The maximum absolute atomic E-state index is 12.8. The van der Waals surface area contributed by atoms with E-state index in [1.165, 1.54) is 30.5 Å². The van der Waals surface area contributed by atoms with E-state index in [-0.39, 0.29) is 5.57 Å². The smallest absolute Gasteiger partial charge is 0.267 e. The predicted molar refractivity (Wildman–Crippen MR) is 86.5 cm³/mol. The first-order chi connectivity index (χ1) is 10.6. The maximum atomic E-state index is 12.8. The van der Waals surface area contributed by atoms with E-state index >= 15 is 0 Å². The fourth-order valence-electron chi connectivity index (χ4n) is 1.61. The molecule has 0 spiro atoms. The molecule has 2 aromatic carbocycles. The van der Waals surface area contributed by atoms with Crippen molar-refractivity contribution in [3.05, 3.63) is 70.6 Å². The van der Waals surface area contributed by atoms with E-state index in [9.17, 15) is 9.18 Å². The normalized spacial score (nSPS) is 10.7. The zero-order chi connectivity index (χ0) is 15.9. The zero-order valence-electron chi connectivity index (χ0n) is 11.3. The van der Waals surface area contributed by atoms with Gasteiger partial charge in [-0.3, -0.25) is 4.79 Å². The number of hydrogen-bond donors (Lipinski definition) is 2. The first-order valence-corrected chi connectivity index (χ1v) is 7.07. The molecule has 4 nitrogen and oxygen atoms in total. The van der Waals surface area contributed by atoms with Crippen LogP contribution in [0.4, 0.5) is 15.8 Å². The molecular formula is C16H11BrFN3O. The summed E-state index contributed by atoms with van der Waals surface area (Å²) < 4.78 is 13.7. The molecule has 2 N–H and O–H groups in total. The number of anilines is 2. The van der Waals surface area contributed by atoms with Gasteiger partial charge < -0.3 is 10.6 Å². The Hall–Kier alpha value is -2.65. The van der Waals surface area contributed by atoms with Gasteiger partial charge in [0.25, 0.3) is 5.91 Å². The van der Waals surface area contributed by atoms with Crippen LogP contribution in [-0.2, 0) is 4.79 Å². The lowest BCUT2D eigenvalue weighted by Gasteiger charge is -2.05. The summed E-state index contributed by atoms with van der Waals surface area (Å²) in [6, 6.07) is 14.4. The van der Waals surface area contributed by atoms with Crippen molar-refractivity contribution in [1.82, 2.24) is 0 Å². The van der Waals surface area contributed by atoms with Gasteiger partial charge in [0.15, 0.2) is 0 Å². The topological polar surface area (TPSA) is 64.9 Å². The molecule has 2 rings (SSSR count). The van der Waals surface area contributed by atoms with Crippen LogP contribution < -0.4 is 10.6 Å². The molecule has 0 heterocycles. The van der Waals surface area contributed by atoms with E-state index < -0.39 is 11.7 Å². The summed E-state index contributed by atoms with van der Waals surface area (Å²) in [5.74, 6) is -0.970. The zero-order valence-corrected chi connectivity index (χ0v) is 12.9. The van der Waals surface area contributed by atoms with Crippen LogP contribution >= 0.6 is 15.9 Å². The number of nitriles is 1. The highest BCUT2D eigenvalue weighted by Crippen LogP contribution is 2.16. The van der Waals surface area contributed by atoms with Gasteiger partial charge in [0, 0.05) is 22.0 Å². The number of nitrogens with zero attached hydrogens (tertiary/aromatic N) is 1. The first kappa shape index (κ1) is 15.7. The molecule has 0 aromatic heterocycles. The van der Waals surface area contributed by atoms with Crippen molar-refractivity contribution >= 4 is 33.2 Å². The summed E-state index contributed by atoms with van der Waals surface area (Å²) in [6.45, 7) is 0. The molecule has 2 aromatic rings. The van der Waals surface area contributed by atoms with Gasteiger partial charge in [-0.05, 0) is 42.5 Å². The maximum Gasteiger partial charge on any atom is 0.267 e. The number of amides is 1. The van der Waals surface area contributed by atoms with Crippen molar-refractivity contribution in [1.29, 1.82) is 5.26 Å². The van der Waals surface area contributed by atoms with Crippen molar-refractivity contribution in [2.24, 2.45) is 0 Å². The summed E-state index contributed by atoms with van der Waals surface area (Å²) in [6.07, 6.45) is 1.32. The van der Waals surface area contributed by atoms with Crippen LogP contribution in [0.5, 0.6) is 0 Å². The highest BCUT2D eigenvalue weighted by molar-refractivity contribution is 9.10. The lowest BCUT2D eigenvalue weighted by atomic mass is 10.2. The molecule has 1 amide bonds. The van der Waals surface area contributed by atoms with E-state index in [1.54, 1.807) is 6.07 Å². The standard InChI is InChI=1S/C16H11BrFN3O/c17-12-2-1-3-15(8-12)20-10-11(9-19)16(22)21-14-6-4-13(18)5-7-14/h1-8,10,20H,(H,21,22)/b11-10-. The Balaban J connectivity index is 2.07. The molecule has 22 heavy (non-hydrogen) atoms. The van der Waals surface area contributed by atoms with Crippen molar-refractivity contribution in [2.75, 3.05) is 10.6 Å². The van der Waals surface area contributed by atoms with E-state index in [0.29, 0.717) is 5.69 Å². The molecular weight excluding hydrogens is 349 g/mol. The quantitative estimate of drug-likeness (QED) is 0.639. The summed E-state index contributed by atoms with van der Waals surface area (Å²) >= 11 is 3.33. The largest absolute Gasteiger partial charge is 0.360 e. The average Bonchev–Trinajstić information content (AvgIpc) is 2.50. The Kier molecular flexibility index (Phi) is 5.28. The molecule has 0 radical (unpaired) electrons. The Labute approximate surface area is 135 Å². The molecule has 0 saturated carbocycles. The minimum Gasteiger partial charge on any atom is -0.360 e. The molecule has 0 bridgehead atoms.